The predicted octanol–water partition coefficient (Wildman–Crippen LogP) is 4.62. The van der Waals surface area contributed by atoms with E-state index in [9.17, 15) is 18.3 Å². The monoisotopic (exact) mass is 414 g/mol. The van der Waals surface area contributed by atoms with Crippen LogP contribution in [-0.2, 0) is 10.1 Å². The van der Waals surface area contributed by atoms with Crippen LogP contribution in [0.2, 0.25) is 0 Å². The molecule has 0 aliphatic heterocycles. The third-order valence-corrected chi connectivity index (χ3v) is 5.38. The Morgan fingerprint density at radius 3 is 1.83 bits per heavy atom. The molecule has 3 aromatic rings. The lowest BCUT2D eigenvalue weighted by molar-refractivity contribution is 0.0696. The summed E-state index contributed by atoms with van der Waals surface area (Å²) in [7, 11) is -4.02. The molecule has 152 valence electrons. The SMILES string of the molecule is Cc1c(C(=O)O)ccc(-c2ccc(O)cc2)c1C.Cc1ccc(S(=O)(=O)O)cc1. The summed E-state index contributed by atoms with van der Waals surface area (Å²) in [5, 5.41) is 18.3. The lowest BCUT2D eigenvalue weighted by atomic mass is 9.93. The van der Waals surface area contributed by atoms with Crippen LogP contribution in [0.4, 0.5) is 0 Å². The summed E-state index contributed by atoms with van der Waals surface area (Å²) >= 11 is 0. The van der Waals surface area contributed by atoms with Crippen LogP contribution >= 0.6 is 0 Å². The third-order valence-electron chi connectivity index (χ3n) is 4.51. The number of rotatable bonds is 3. The van der Waals surface area contributed by atoms with Gasteiger partial charge < -0.3 is 10.2 Å². The summed E-state index contributed by atoms with van der Waals surface area (Å²) in [6.45, 7) is 5.56. The zero-order valence-corrected chi connectivity index (χ0v) is 17.1. The van der Waals surface area contributed by atoms with Crippen LogP contribution in [-0.4, -0.2) is 29.2 Å². The number of hydrogen-bond acceptors (Lipinski definition) is 4. The van der Waals surface area contributed by atoms with Crippen LogP contribution in [0.25, 0.3) is 11.1 Å². The van der Waals surface area contributed by atoms with Gasteiger partial charge in [-0.2, -0.15) is 8.42 Å². The van der Waals surface area contributed by atoms with E-state index in [4.69, 9.17) is 9.66 Å². The zero-order valence-electron chi connectivity index (χ0n) is 16.2. The standard InChI is InChI=1S/C15H14O3.C7H8O3S/c1-9-10(2)14(15(17)18)8-7-13(9)11-3-5-12(16)6-4-11;1-6-2-4-7(5-3-6)11(8,9)10/h3-8,16H,1-2H3,(H,17,18);2-5H,1H3,(H,8,9,10). The van der Waals surface area contributed by atoms with Crippen LogP contribution in [0.15, 0.2) is 65.6 Å². The van der Waals surface area contributed by atoms with Crippen molar-refractivity contribution in [2.24, 2.45) is 0 Å². The highest BCUT2D eigenvalue weighted by Crippen LogP contribution is 2.28. The molecule has 0 aromatic heterocycles. The number of phenols is 1. The second kappa shape index (κ2) is 8.89. The number of aromatic carboxylic acids is 1. The largest absolute Gasteiger partial charge is 0.508 e. The summed E-state index contributed by atoms with van der Waals surface area (Å²) in [5.41, 5.74) is 4.95. The molecule has 0 saturated heterocycles. The Kier molecular flexibility index (Phi) is 6.79. The van der Waals surface area contributed by atoms with Gasteiger partial charge >= 0.3 is 5.97 Å². The van der Waals surface area contributed by atoms with Gasteiger partial charge in [0.05, 0.1) is 10.5 Å². The fraction of sp³-hybridized carbons (Fsp3) is 0.136. The molecule has 0 atom stereocenters. The van der Waals surface area contributed by atoms with Crippen LogP contribution in [0.1, 0.15) is 27.0 Å². The fourth-order valence-corrected chi connectivity index (χ4v) is 3.20. The molecule has 7 heteroatoms. The lowest BCUT2D eigenvalue weighted by Crippen LogP contribution is -2.02. The Hall–Kier alpha value is -3.16. The minimum Gasteiger partial charge on any atom is -0.508 e. The van der Waals surface area contributed by atoms with Crippen LogP contribution < -0.4 is 0 Å². The first-order chi connectivity index (χ1) is 13.5. The van der Waals surface area contributed by atoms with E-state index >= 15 is 0 Å². The molecule has 0 heterocycles. The first-order valence-corrected chi connectivity index (χ1v) is 10.1. The first kappa shape index (κ1) is 22.1. The maximum atomic E-state index is 11.0. The van der Waals surface area contributed by atoms with E-state index in [0.717, 1.165) is 27.8 Å². The Balaban J connectivity index is 0.000000234. The number of benzene rings is 3. The number of carboxylic acids is 1. The Bertz CT molecular complexity index is 1120. The fourth-order valence-electron chi connectivity index (χ4n) is 2.72. The van der Waals surface area contributed by atoms with Gasteiger partial charge in [-0.1, -0.05) is 35.9 Å². The smallest absolute Gasteiger partial charge is 0.335 e. The van der Waals surface area contributed by atoms with E-state index in [-0.39, 0.29) is 10.6 Å². The summed E-state index contributed by atoms with van der Waals surface area (Å²) in [6.07, 6.45) is 0. The first-order valence-electron chi connectivity index (χ1n) is 8.67. The van der Waals surface area contributed by atoms with Crippen molar-refractivity contribution >= 4 is 16.1 Å². The van der Waals surface area contributed by atoms with Crippen LogP contribution in [0.5, 0.6) is 5.75 Å². The molecule has 0 aliphatic rings. The van der Waals surface area contributed by atoms with Gasteiger partial charge in [-0.3, -0.25) is 4.55 Å². The molecule has 3 N–H and O–H groups in total. The van der Waals surface area contributed by atoms with Gasteiger partial charge in [0.1, 0.15) is 5.75 Å². The molecule has 6 nitrogen and oxygen atoms in total. The van der Waals surface area contributed by atoms with Crippen molar-refractivity contribution in [2.75, 3.05) is 0 Å². The topological polar surface area (TPSA) is 112 Å². The number of hydrogen-bond donors (Lipinski definition) is 3. The maximum absolute atomic E-state index is 11.0. The maximum Gasteiger partial charge on any atom is 0.335 e. The highest BCUT2D eigenvalue weighted by atomic mass is 32.2. The van der Waals surface area contributed by atoms with Crippen molar-refractivity contribution < 1.29 is 28.0 Å². The molecule has 0 unspecified atom stereocenters. The predicted molar refractivity (Wildman–Crippen MR) is 111 cm³/mol. The molecule has 0 radical (unpaired) electrons. The quantitative estimate of drug-likeness (QED) is 0.539. The summed E-state index contributed by atoms with van der Waals surface area (Å²) < 4.78 is 29.6. The molecule has 0 bridgehead atoms. The van der Waals surface area contributed by atoms with E-state index < -0.39 is 16.1 Å². The van der Waals surface area contributed by atoms with Crippen molar-refractivity contribution in [2.45, 2.75) is 25.7 Å². The van der Waals surface area contributed by atoms with Crippen molar-refractivity contribution in [3.8, 4) is 16.9 Å². The Morgan fingerprint density at radius 2 is 1.34 bits per heavy atom. The molecule has 0 spiro atoms. The van der Waals surface area contributed by atoms with E-state index in [1.54, 1.807) is 36.4 Å². The minimum atomic E-state index is -4.02. The van der Waals surface area contributed by atoms with Crippen molar-refractivity contribution in [1.82, 2.24) is 0 Å². The molecule has 3 aromatic carbocycles. The molecule has 29 heavy (non-hydrogen) atoms. The number of carbonyl (C=O) groups is 1. The average molecular weight is 414 g/mol. The number of aromatic hydroxyl groups is 1. The van der Waals surface area contributed by atoms with Gasteiger partial charge in [-0.25, -0.2) is 4.79 Å². The highest BCUT2D eigenvalue weighted by Gasteiger charge is 2.12. The Morgan fingerprint density at radius 1 is 0.793 bits per heavy atom. The van der Waals surface area contributed by atoms with Gasteiger partial charge in [0.25, 0.3) is 10.1 Å². The molecule has 0 amide bonds. The minimum absolute atomic E-state index is 0.0666. The second-order valence-corrected chi connectivity index (χ2v) is 7.97. The van der Waals surface area contributed by atoms with Crippen molar-refractivity contribution in [3.05, 3.63) is 82.9 Å². The van der Waals surface area contributed by atoms with Crippen LogP contribution in [0.3, 0.4) is 0 Å². The van der Waals surface area contributed by atoms with E-state index in [0.29, 0.717) is 5.56 Å². The number of carboxylic acid groups (broad SMARTS) is 1. The van der Waals surface area contributed by atoms with Gasteiger partial charge in [0, 0.05) is 0 Å². The van der Waals surface area contributed by atoms with Gasteiger partial charge in [-0.15, -0.1) is 0 Å². The van der Waals surface area contributed by atoms with Crippen molar-refractivity contribution in [1.29, 1.82) is 0 Å². The summed E-state index contributed by atoms with van der Waals surface area (Å²) in [4.78, 5) is 11.0. The van der Waals surface area contributed by atoms with Crippen LogP contribution in [0, 0.1) is 20.8 Å². The summed E-state index contributed by atoms with van der Waals surface area (Å²) in [6, 6.07) is 16.3. The normalized spacial score (nSPS) is 10.8. The third kappa shape index (κ3) is 5.66. The molecule has 0 fully saturated rings. The molecule has 3 rings (SSSR count). The second-order valence-electron chi connectivity index (χ2n) is 6.55. The molecule has 0 aliphatic carbocycles. The number of phenolic OH excluding ortho intramolecular Hbond substituents is 1. The molecular weight excluding hydrogens is 392 g/mol. The molecule has 0 saturated carbocycles. The van der Waals surface area contributed by atoms with E-state index in [1.807, 2.05) is 32.9 Å². The zero-order chi connectivity index (χ0) is 21.8. The van der Waals surface area contributed by atoms with Gasteiger partial charge in [0.2, 0.25) is 0 Å². The highest BCUT2D eigenvalue weighted by molar-refractivity contribution is 7.85. The van der Waals surface area contributed by atoms with Gasteiger partial charge in [-0.05, 0) is 73.4 Å². The number of aryl methyl sites for hydroxylation is 1. The van der Waals surface area contributed by atoms with E-state index in [1.165, 1.54) is 12.1 Å². The van der Waals surface area contributed by atoms with Gasteiger partial charge in [0.15, 0.2) is 0 Å². The Labute approximate surface area is 169 Å². The van der Waals surface area contributed by atoms with E-state index in [2.05, 4.69) is 0 Å². The summed E-state index contributed by atoms with van der Waals surface area (Å²) in [5.74, 6) is -0.692. The lowest BCUT2D eigenvalue weighted by Gasteiger charge is -2.11. The molecular formula is C22H22O6S. The average Bonchev–Trinajstić information content (AvgIpc) is 2.65. The van der Waals surface area contributed by atoms with Crippen molar-refractivity contribution in [3.63, 3.8) is 0 Å².